The minimum Gasteiger partial charge on any atom is -0.352 e. The third-order valence-electron chi connectivity index (χ3n) is 4.48. The molecule has 138 valence electrons. The van der Waals surface area contributed by atoms with E-state index in [0.717, 1.165) is 11.1 Å². The second kappa shape index (κ2) is 8.20. The summed E-state index contributed by atoms with van der Waals surface area (Å²) in [7, 11) is -3.45. The first-order chi connectivity index (χ1) is 12.4. The van der Waals surface area contributed by atoms with Crippen molar-refractivity contribution >= 4 is 27.5 Å². The van der Waals surface area contributed by atoms with E-state index >= 15 is 0 Å². The van der Waals surface area contributed by atoms with Gasteiger partial charge in [0.25, 0.3) is 0 Å². The van der Waals surface area contributed by atoms with Crippen LogP contribution in [0.1, 0.15) is 23.1 Å². The first kappa shape index (κ1) is 18.9. The maximum atomic E-state index is 12.5. The highest BCUT2D eigenvalue weighted by molar-refractivity contribution is 7.89. The normalized spacial score (nSPS) is 14.7. The summed E-state index contributed by atoms with van der Waals surface area (Å²) in [5.74, 6) is -0.456. The molecular formula is C19H21ClN2O3S. The lowest BCUT2D eigenvalue weighted by Gasteiger charge is -2.28. The van der Waals surface area contributed by atoms with E-state index in [1.165, 1.54) is 9.87 Å². The summed E-state index contributed by atoms with van der Waals surface area (Å²) in [6.07, 6.45) is 0.659. The van der Waals surface area contributed by atoms with Crippen LogP contribution in [0.4, 0.5) is 0 Å². The van der Waals surface area contributed by atoms with E-state index in [0.29, 0.717) is 31.1 Å². The van der Waals surface area contributed by atoms with Gasteiger partial charge < -0.3 is 5.32 Å². The quantitative estimate of drug-likeness (QED) is 0.821. The molecule has 3 rings (SSSR count). The second-order valence-electron chi connectivity index (χ2n) is 6.32. The fourth-order valence-corrected chi connectivity index (χ4v) is 4.48. The van der Waals surface area contributed by atoms with E-state index in [9.17, 15) is 13.2 Å². The zero-order valence-electron chi connectivity index (χ0n) is 14.3. The highest BCUT2D eigenvalue weighted by atomic mass is 35.5. The lowest BCUT2D eigenvalue weighted by atomic mass is 10.0. The summed E-state index contributed by atoms with van der Waals surface area (Å²) < 4.78 is 26.6. The molecule has 2 aromatic rings. The molecule has 0 aromatic heterocycles. The van der Waals surface area contributed by atoms with Crippen molar-refractivity contribution in [2.45, 2.75) is 25.9 Å². The number of nitrogens with zero attached hydrogens (tertiary/aromatic N) is 1. The van der Waals surface area contributed by atoms with Gasteiger partial charge in [-0.15, -0.1) is 0 Å². The van der Waals surface area contributed by atoms with E-state index in [4.69, 9.17) is 11.6 Å². The molecular weight excluding hydrogens is 372 g/mol. The third-order valence-corrected chi connectivity index (χ3v) is 6.55. The first-order valence-electron chi connectivity index (χ1n) is 8.50. The van der Waals surface area contributed by atoms with Crippen LogP contribution in [0.5, 0.6) is 0 Å². The Morgan fingerprint density at radius 1 is 1.08 bits per heavy atom. The minimum absolute atomic E-state index is 0.0475. The Morgan fingerprint density at radius 3 is 2.50 bits per heavy atom. The Balaban J connectivity index is 1.50. The van der Waals surface area contributed by atoms with Crippen LogP contribution in [-0.2, 0) is 34.3 Å². The Bertz CT molecular complexity index is 882. The molecule has 0 bridgehead atoms. The van der Waals surface area contributed by atoms with E-state index in [-0.39, 0.29) is 18.1 Å². The standard InChI is InChI=1S/C19H21ClN2O3S/c20-18-7-5-15(6-8-18)13-21-19(23)10-12-26(24,25)22-11-9-16-3-1-2-4-17(16)14-22/h1-8H,9-14H2,(H,21,23). The highest BCUT2D eigenvalue weighted by Crippen LogP contribution is 2.21. The molecule has 0 fully saturated rings. The summed E-state index contributed by atoms with van der Waals surface area (Å²) in [4.78, 5) is 12.0. The van der Waals surface area contributed by atoms with Gasteiger partial charge in [0, 0.05) is 31.1 Å². The zero-order chi connectivity index (χ0) is 18.6. The number of amides is 1. The summed E-state index contributed by atoms with van der Waals surface area (Å²) in [5.41, 5.74) is 3.15. The lowest BCUT2D eigenvalue weighted by molar-refractivity contribution is -0.120. The SMILES string of the molecule is O=C(CCS(=O)(=O)N1CCc2ccccc2C1)NCc1ccc(Cl)cc1. The maximum Gasteiger partial charge on any atom is 0.221 e. The molecule has 0 saturated heterocycles. The van der Waals surface area contributed by atoms with Crippen molar-refractivity contribution in [3.63, 3.8) is 0 Å². The molecule has 1 aliphatic rings. The van der Waals surface area contributed by atoms with Crippen molar-refractivity contribution in [2.24, 2.45) is 0 Å². The zero-order valence-corrected chi connectivity index (χ0v) is 15.9. The number of hydrogen-bond acceptors (Lipinski definition) is 3. The molecule has 5 nitrogen and oxygen atoms in total. The minimum atomic E-state index is -3.45. The Kier molecular flexibility index (Phi) is 5.96. The summed E-state index contributed by atoms with van der Waals surface area (Å²) in [6.45, 7) is 1.20. The molecule has 0 unspecified atom stereocenters. The van der Waals surface area contributed by atoms with Crippen LogP contribution in [0.3, 0.4) is 0 Å². The fraction of sp³-hybridized carbons (Fsp3) is 0.316. The number of sulfonamides is 1. The molecule has 1 N–H and O–H groups in total. The number of halogens is 1. The topological polar surface area (TPSA) is 66.5 Å². The Labute approximate surface area is 159 Å². The average molecular weight is 393 g/mol. The molecule has 1 amide bonds. The molecule has 0 atom stereocenters. The molecule has 1 aliphatic heterocycles. The van der Waals surface area contributed by atoms with E-state index < -0.39 is 10.0 Å². The number of fused-ring (bicyclic) bond motifs is 1. The maximum absolute atomic E-state index is 12.5. The Morgan fingerprint density at radius 2 is 1.77 bits per heavy atom. The van der Waals surface area contributed by atoms with Gasteiger partial charge in [-0.2, -0.15) is 4.31 Å². The van der Waals surface area contributed by atoms with Crippen molar-refractivity contribution in [2.75, 3.05) is 12.3 Å². The summed E-state index contributed by atoms with van der Waals surface area (Å²) >= 11 is 5.82. The molecule has 0 aliphatic carbocycles. The number of rotatable bonds is 6. The van der Waals surface area contributed by atoms with E-state index in [1.54, 1.807) is 12.1 Å². The average Bonchev–Trinajstić information content (AvgIpc) is 2.65. The molecule has 0 radical (unpaired) electrons. The number of nitrogens with one attached hydrogen (secondary N) is 1. The molecule has 7 heteroatoms. The molecule has 2 aromatic carbocycles. The van der Waals surface area contributed by atoms with Crippen LogP contribution in [0, 0.1) is 0 Å². The highest BCUT2D eigenvalue weighted by Gasteiger charge is 2.26. The number of benzene rings is 2. The van der Waals surface area contributed by atoms with Crippen LogP contribution >= 0.6 is 11.6 Å². The van der Waals surface area contributed by atoms with Gasteiger partial charge in [0.1, 0.15) is 0 Å². The third kappa shape index (κ3) is 4.84. The predicted molar refractivity (Wildman–Crippen MR) is 102 cm³/mol. The van der Waals surface area contributed by atoms with Gasteiger partial charge in [-0.25, -0.2) is 8.42 Å². The van der Waals surface area contributed by atoms with Gasteiger partial charge in [0.05, 0.1) is 5.75 Å². The van der Waals surface area contributed by atoms with Crippen molar-refractivity contribution in [1.82, 2.24) is 9.62 Å². The largest absolute Gasteiger partial charge is 0.352 e. The van der Waals surface area contributed by atoms with Crippen molar-refractivity contribution in [3.05, 3.63) is 70.2 Å². The van der Waals surface area contributed by atoms with E-state index in [1.807, 2.05) is 36.4 Å². The molecule has 26 heavy (non-hydrogen) atoms. The monoisotopic (exact) mass is 392 g/mol. The van der Waals surface area contributed by atoms with Gasteiger partial charge in [0.2, 0.25) is 15.9 Å². The predicted octanol–water partition coefficient (Wildman–Crippen LogP) is 2.73. The van der Waals surface area contributed by atoms with E-state index in [2.05, 4.69) is 5.32 Å². The number of carbonyl (C=O) groups is 1. The second-order valence-corrected chi connectivity index (χ2v) is 8.85. The molecule has 0 spiro atoms. The van der Waals surface area contributed by atoms with Gasteiger partial charge >= 0.3 is 0 Å². The Hall–Kier alpha value is -1.89. The number of carbonyl (C=O) groups excluding carboxylic acids is 1. The summed E-state index contributed by atoms with van der Waals surface area (Å²) in [6, 6.07) is 15.0. The van der Waals surface area contributed by atoms with Gasteiger partial charge in [-0.05, 0) is 35.2 Å². The fourth-order valence-electron chi connectivity index (χ4n) is 2.95. The van der Waals surface area contributed by atoms with Gasteiger partial charge in [-0.3, -0.25) is 4.79 Å². The first-order valence-corrected chi connectivity index (χ1v) is 10.5. The van der Waals surface area contributed by atoms with Crippen molar-refractivity contribution in [1.29, 1.82) is 0 Å². The van der Waals surface area contributed by atoms with Crippen LogP contribution in [0.25, 0.3) is 0 Å². The van der Waals surface area contributed by atoms with Crippen LogP contribution in [-0.4, -0.2) is 30.9 Å². The summed E-state index contributed by atoms with van der Waals surface area (Å²) in [5, 5.41) is 3.38. The van der Waals surface area contributed by atoms with Crippen LogP contribution < -0.4 is 5.32 Å². The van der Waals surface area contributed by atoms with Gasteiger partial charge in [-0.1, -0.05) is 48.0 Å². The van der Waals surface area contributed by atoms with Crippen molar-refractivity contribution < 1.29 is 13.2 Å². The van der Waals surface area contributed by atoms with Crippen LogP contribution in [0.2, 0.25) is 5.02 Å². The lowest BCUT2D eigenvalue weighted by Crippen LogP contribution is -2.38. The molecule has 1 heterocycles. The smallest absolute Gasteiger partial charge is 0.221 e. The molecule has 0 saturated carbocycles. The van der Waals surface area contributed by atoms with Crippen molar-refractivity contribution in [3.8, 4) is 0 Å². The number of hydrogen-bond donors (Lipinski definition) is 1. The van der Waals surface area contributed by atoms with Crippen LogP contribution in [0.15, 0.2) is 48.5 Å². The van der Waals surface area contributed by atoms with Gasteiger partial charge in [0.15, 0.2) is 0 Å².